The fraction of sp³-hybridized carbons (Fsp3) is 0.300. The van der Waals surface area contributed by atoms with Gasteiger partial charge in [-0.1, -0.05) is 24.3 Å². The van der Waals surface area contributed by atoms with E-state index >= 15 is 0 Å². The number of hydrogen-bond acceptors (Lipinski definition) is 5. The number of nitrogens with zero attached hydrogens (tertiary/aromatic N) is 1. The Balaban J connectivity index is 1.45. The fourth-order valence-corrected chi connectivity index (χ4v) is 4.38. The molecular formula is C20H22FN3O3S. The smallest absolute Gasteiger partial charge is 0.240 e. The summed E-state index contributed by atoms with van der Waals surface area (Å²) in [5.74, 6) is 0.319. The number of hydrogen-bond donors (Lipinski definition) is 2. The summed E-state index contributed by atoms with van der Waals surface area (Å²) in [6.07, 6.45) is 1.61. The van der Waals surface area contributed by atoms with Crippen molar-refractivity contribution in [2.24, 2.45) is 0 Å². The lowest BCUT2D eigenvalue weighted by Gasteiger charge is -2.29. The van der Waals surface area contributed by atoms with Gasteiger partial charge in [-0.15, -0.1) is 0 Å². The molecule has 0 unspecified atom stereocenters. The first-order chi connectivity index (χ1) is 13.5. The van der Waals surface area contributed by atoms with Gasteiger partial charge in [0.1, 0.15) is 18.2 Å². The van der Waals surface area contributed by atoms with Crippen molar-refractivity contribution in [3.63, 3.8) is 0 Å². The molecule has 2 aromatic rings. The van der Waals surface area contributed by atoms with Crippen LogP contribution in [-0.2, 0) is 16.6 Å². The number of ether oxygens (including phenoxy) is 1. The van der Waals surface area contributed by atoms with E-state index < -0.39 is 10.0 Å². The number of nitrogens with one attached hydrogen (secondary N) is 2. The van der Waals surface area contributed by atoms with Crippen molar-refractivity contribution in [1.29, 1.82) is 0 Å². The Bertz CT molecular complexity index is 1000. The number of piperazine rings is 1. The summed E-state index contributed by atoms with van der Waals surface area (Å²) in [6, 6.07) is 12.1. The Kier molecular flexibility index (Phi) is 5.34. The van der Waals surface area contributed by atoms with Crippen LogP contribution in [0.5, 0.6) is 5.75 Å². The minimum Gasteiger partial charge on any atom is -0.487 e. The molecule has 2 aromatic carbocycles. The third-order valence-electron chi connectivity index (χ3n) is 4.89. The zero-order valence-electron chi connectivity index (χ0n) is 15.3. The van der Waals surface area contributed by atoms with E-state index in [2.05, 4.69) is 10.0 Å². The van der Waals surface area contributed by atoms with Crippen LogP contribution in [-0.4, -0.2) is 41.2 Å². The van der Waals surface area contributed by atoms with Gasteiger partial charge < -0.3 is 15.0 Å². The van der Waals surface area contributed by atoms with E-state index in [4.69, 9.17) is 4.74 Å². The minimum atomic E-state index is -3.72. The van der Waals surface area contributed by atoms with Crippen LogP contribution in [0.3, 0.4) is 0 Å². The predicted octanol–water partition coefficient (Wildman–Crippen LogP) is 2.09. The molecule has 0 amide bonds. The highest BCUT2D eigenvalue weighted by Gasteiger charge is 2.23. The van der Waals surface area contributed by atoms with E-state index in [0.29, 0.717) is 17.0 Å². The number of halogens is 1. The van der Waals surface area contributed by atoms with Gasteiger partial charge in [0.05, 0.1) is 10.6 Å². The fourth-order valence-electron chi connectivity index (χ4n) is 3.34. The van der Waals surface area contributed by atoms with E-state index in [1.807, 2.05) is 17.0 Å². The molecule has 0 aliphatic carbocycles. The van der Waals surface area contributed by atoms with Gasteiger partial charge in [0.25, 0.3) is 0 Å². The number of para-hydroxylation sites is 1. The molecule has 0 radical (unpaired) electrons. The van der Waals surface area contributed by atoms with Gasteiger partial charge >= 0.3 is 0 Å². The molecule has 0 bridgehead atoms. The highest BCUT2D eigenvalue weighted by atomic mass is 32.2. The van der Waals surface area contributed by atoms with Gasteiger partial charge in [-0.25, -0.2) is 17.5 Å². The molecule has 0 saturated carbocycles. The molecule has 2 aliphatic heterocycles. The van der Waals surface area contributed by atoms with E-state index in [1.54, 1.807) is 30.3 Å². The minimum absolute atomic E-state index is 0.0140. The number of benzene rings is 2. The van der Waals surface area contributed by atoms with Crippen LogP contribution in [0.15, 0.2) is 47.4 Å². The first kappa shape index (κ1) is 18.9. The number of sulfonamides is 1. The maximum Gasteiger partial charge on any atom is 0.240 e. The van der Waals surface area contributed by atoms with E-state index in [9.17, 15) is 12.8 Å². The van der Waals surface area contributed by atoms with Crippen molar-refractivity contribution in [2.75, 3.05) is 37.7 Å². The van der Waals surface area contributed by atoms with Gasteiger partial charge in [0.15, 0.2) is 0 Å². The molecular weight excluding hydrogens is 381 g/mol. The normalized spacial score (nSPS) is 16.9. The first-order valence-corrected chi connectivity index (χ1v) is 10.7. The van der Waals surface area contributed by atoms with Crippen molar-refractivity contribution in [3.05, 3.63) is 64.3 Å². The number of rotatable bonds is 5. The summed E-state index contributed by atoms with van der Waals surface area (Å²) in [4.78, 5) is 2.14. The maximum absolute atomic E-state index is 14.5. The number of fused-ring (bicyclic) bond motifs is 1. The summed E-state index contributed by atoms with van der Waals surface area (Å²) in [7, 11) is -3.72. The molecule has 2 heterocycles. The molecule has 8 heteroatoms. The summed E-state index contributed by atoms with van der Waals surface area (Å²) in [5, 5.41) is 3.23. The van der Waals surface area contributed by atoms with Gasteiger partial charge in [-0.3, -0.25) is 0 Å². The second kappa shape index (κ2) is 7.90. The average molecular weight is 403 g/mol. The molecule has 1 fully saturated rings. The molecule has 6 nitrogen and oxygen atoms in total. The summed E-state index contributed by atoms with van der Waals surface area (Å²) in [6.45, 7) is 3.13. The van der Waals surface area contributed by atoms with Gasteiger partial charge in [-0.2, -0.15) is 0 Å². The third-order valence-corrected chi connectivity index (χ3v) is 6.34. The van der Waals surface area contributed by atoms with Gasteiger partial charge in [0.2, 0.25) is 10.0 Å². The molecule has 0 aromatic heterocycles. The summed E-state index contributed by atoms with van der Waals surface area (Å²) < 4.78 is 47.8. The molecule has 0 atom stereocenters. The SMILES string of the molecule is O=S(=O)(NCc1ccc(N2CCNCC2)c(F)c1)C1=Cc2ccccc2OC1. The van der Waals surface area contributed by atoms with Crippen molar-refractivity contribution in [3.8, 4) is 5.75 Å². The molecule has 2 N–H and O–H groups in total. The quantitative estimate of drug-likeness (QED) is 0.800. The van der Waals surface area contributed by atoms with Crippen molar-refractivity contribution in [2.45, 2.75) is 6.54 Å². The topological polar surface area (TPSA) is 70.7 Å². The monoisotopic (exact) mass is 403 g/mol. The Morgan fingerprint density at radius 1 is 1.14 bits per heavy atom. The lowest BCUT2D eigenvalue weighted by molar-refractivity contribution is 0.353. The Hall–Kier alpha value is -2.42. The average Bonchev–Trinajstić information content (AvgIpc) is 2.73. The summed E-state index contributed by atoms with van der Waals surface area (Å²) >= 11 is 0. The largest absolute Gasteiger partial charge is 0.487 e. The second-order valence-corrected chi connectivity index (χ2v) is 8.60. The molecule has 148 valence electrons. The van der Waals surface area contributed by atoms with Gasteiger partial charge in [0, 0.05) is 38.3 Å². The van der Waals surface area contributed by atoms with Crippen molar-refractivity contribution < 1.29 is 17.5 Å². The second-order valence-electron chi connectivity index (χ2n) is 6.78. The van der Waals surface area contributed by atoms with Crippen LogP contribution in [0.4, 0.5) is 10.1 Å². The van der Waals surface area contributed by atoms with Crippen LogP contribution >= 0.6 is 0 Å². The standard InChI is InChI=1S/C20H22FN3O3S/c21-18-11-15(5-6-19(18)24-9-7-22-8-10-24)13-23-28(25,26)17-12-16-3-1-2-4-20(16)27-14-17/h1-6,11-12,22-23H,7-10,13-14H2. The highest BCUT2D eigenvalue weighted by Crippen LogP contribution is 2.27. The van der Waals surface area contributed by atoms with Crippen LogP contribution in [0.25, 0.3) is 6.08 Å². The van der Waals surface area contributed by atoms with Crippen LogP contribution in [0.2, 0.25) is 0 Å². The van der Waals surface area contributed by atoms with Crippen molar-refractivity contribution >= 4 is 21.8 Å². The maximum atomic E-state index is 14.5. The predicted molar refractivity (Wildman–Crippen MR) is 107 cm³/mol. The van der Waals surface area contributed by atoms with Crippen LogP contribution < -0.4 is 19.7 Å². The molecule has 1 saturated heterocycles. The zero-order chi connectivity index (χ0) is 19.6. The molecule has 4 rings (SSSR count). The first-order valence-electron chi connectivity index (χ1n) is 9.19. The molecule has 2 aliphatic rings. The van der Waals surface area contributed by atoms with Crippen LogP contribution in [0, 0.1) is 5.82 Å². The Morgan fingerprint density at radius 2 is 1.93 bits per heavy atom. The van der Waals surface area contributed by atoms with Crippen molar-refractivity contribution in [1.82, 2.24) is 10.0 Å². The third kappa shape index (κ3) is 4.04. The highest BCUT2D eigenvalue weighted by molar-refractivity contribution is 7.93. The molecule has 0 spiro atoms. The Morgan fingerprint density at radius 3 is 2.71 bits per heavy atom. The van der Waals surface area contributed by atoms with E-state index in [1.165, 1.54) is 6.07 Å². The van der Waals surface area contributed by atoms with Gasteiger partial charge in [-0.05, 0) is 29.8 Å². The zero-order valence-corrected chi connectivity index (χ0v) is 16.1. The lowest BCUT2D eigenvalue weighted by Crippen LogP contribution is -2.43. The van der Waals surface area contributed by atoms with E-state index in [-0.39, 0.29) is 23.9 Å². The van der Waals surface area contributed by atoms with E-state index in [0.717, 1.165) is 31.7 Å². The molecule has 28 heavy (non-hydrogen) atoms. The van der Waals surface area contributed by atoms with Crippen LogP contribution in [0.1, 0.15) is 11.1 Å². The summed E-state index contributed by atoms with van der Waals surface area (Å²) in [5.41, 5.74) is 1.84. The Labute approximate surface area is 164 Å². The lowest BCUT2D eigenvalue weighted by atomic mass is 10.1. The number of anilines is 1.